The summed E-state index contributed by atoms with van der Waals surface area (Å²) in [7, 11) is -1.03. The molecule has 1 aromatic rings. The number of epoxide rings is 1. The molecule has 8 heteroatoms. The summed E-state index contributed by atoms with van der Waals surface area (Å²) in [4.78, 5) is 15.0. The van der Waals surface area contributed by atoms with Crippen LogP contribution in [0.1, 0.15) is 54.6 Å². The fraction of sp³-hybridized carbons (Fsp3) is 0.650. The number of rotatable bonds is 6. The predicted molar refractivity (Wildman–Crippen MR) is 112 cm³/mol. The Kier molecular flexibility index (Phi) is 6.26. The van der Waals surface area contributed by atoms with Crippen LogP contribution in [0, 0.1) is 17.3 Å². The monoisotopic (exact) mass is 425 g/mol. The van der Waals surface area contributed by atoms with E-state index in [4.69, 9.17) is 9.26 Å². The van der Waals surface area contributed by atoms with Crippen molar-refractivity contribution in [3.63, 3.8) is 0 Å². The van der Waals surface area contributed by atoms with Gasteiger partial charge in [0.15, 0.2) is 6.23 Å². The van der Waals surface area contributed by atoms with Gasteiger partial charge in [0, 0.05) is 30.9 Å². The van der Waals surface area contributed by atoms with Crippen molar-refractivity contribution < 1.29 is 23.7 Å². The van der Waals surface area contributed by atoms with E-state index >= 15 is 0 Å². The molecule has 28 heavy (non-hydrogen) atoms. The lowest BCUT2D eigenvalue weighted by molar-refractivity contribution is 0.0702. The summed E-state index contributed by atoms with van der Waals surface area (Å²) in [5.74, 6) is 5.46. The second-order valence-corrected chi connectivity index (χ2v) is 11.9. The highest BCUT2D eigenvalue weighted by molar-refractivity contribution is 7.59. The normalized spacial score (nSPS) is 27.0. The van der Waals surface area contributed by atoms with Crippen molar-refractivity contribution in [3.05, 3.63) is 15.8 Å². The molecule has 154 valence electrons. The van der Waals surface area contributed by atoms with E-state index in [9.17, 15) is 14.5 Å². The van der Waals surface area contributed by atoms with Crippen LogP contribution in [0.2, 0.25) is 0 Å². The molecule has 1 N–H and O–H groups in total. The van der Waals surface area contributed by atoms with E-state index in [0.717, 1.165) is 11.3 Å². The molecule has 3 heterocycles. The lowest BCUT2D eigenvalue weighted by Gasteiger charge is -2.36. The van der Waals surface area contributed by atoms with Crippen molar-refractivity contribution >= 4 is 30.4 Å². The first-order chi connectivity index (χ1) is 13.2. The van der Waals surface area contributed by atoms with Gasteiger partial charge in [0.05, 0.1) is 17.2 Å². The molecule has 2 fully saturated rings. The maximum atomic E-state index is 12.5. The molecule has 2 saturated heterocycles. The third kappa shape index (κ3) is 4.80. The summed E-state index contributed by atoms with van der Waals surface area (Å²) in [6.07, 6.45) is 3.23. The van der Waals surface area contributed by atoms with E-state index in [0.29, 0.717) is 37.5 Å². The number of hydrogen-bond donors (Lipinski definition) is 1. The number of thiophene rings is 1. The molecular weight excluding hydrogens is 397 g/mol. The van der Waals surface area contributed by atoms with Gasteiger partial charge in [-0.15, -0.1) is 11.3 Å². The van der Waals surface area contributed by atoms with E-state index in [1.54, 1.807) is 0 Å². The van der Waals surface area contributed by atoms with Gasteiger partial charge in [-0.25, -0.2) is 4.79 Å². The van der Waals surface area contributed by atoms with Gasteiger partial charge in [0.1, 0.15) is 4.88 Å². The van der Waals surface area contributed by atoms with Gasteiger partial charge in [0.25, 0.3) is 0 Å². The highest BCUT2D eigenvalue weighted by atomic mass is 32.1. The SMILES string of the molecule is CCC(C)(C)C#Cc1cc(N(C2CCP(=O)(OC)CC2)[C@@H]2CO2)c(C(=O)O)s1. The van der Waals surface area contributed by atoms with E-state index < -0.39 is 13.3 Å². The topological polar surface area (TPSA) is 79.4 Å². The molecule has 0 amide bonds. The molecule has 2 aliphatic heterocycles. The summed E-state index contributed by atoms with van der Waals surface area (Å²) >= 11 is 1.21. The van der Waals surface area contributed by atoms with Gasteiger partial charge in [-0.2, -0.15) is 0 Å². The van der Waals surface area contributed by atoms with Crippen molar-refractivity contribution in [2.45, 2.75) is 52.3 Å². The number of hydrogen-bond acceptors (Lipinski definition) is 6. The molecule has 0 spiro atoms. The molecule has 0 radical (unpaired) electrons. The van der Waals surface area contributed by atoms with E-state index in [2.05, 4.69) is 37.5 Å². The molecule has 0 saturated carbocycles. The molecule has 1 atom stereocenters. The minimum absolute atomic E-state index is 0.0883. The number of aromatic carboxylic acids is 1. The van der Waals surface area contributed by atoms with Crippen LogP contribution in [0.4, 0.5) is 5.69 Å². The van der Waals surface area contributed by atoms with Gasteiger partial charge in [0.2, 0.25) is 7.37 Å². The Labute approximate surface area is 170 Å². The Bertz CT molecular complexity index is 837. The van der Waals surface area contributed by atoms with Crippen LogP contribution in [0.5, 0.6) is 0 Å². The number of anilines is 1. The number of nitrogens with zero attached hydrogens (tertiary/aromatic N) is 1. The standard InChI is InChI=1S/C20H28NO5PS/c1-5-20(2,3)9-6-15-12-16(18(28-15)19(22)23)21(17-13-26-17)14-7-10-27(24,25-4)11-8-14/h12,14,17H,5,7-8,10-11,13H2,1-4H3,(H,22,23)/t14?,17-,27?/m0/s1. The van der Waals surface area contributed by atoms with Crippen molar-refractivity contribution in [2.75, 3.05) is 30.9 Å². The number of ether oxygens (including phenoxy) is 1. The molecule has 0 unspecified atom stereocenters. The highest BCUT2D eigenvalue weighted by Crippen LogP contribution is 2.52. The predicted octanol–water partition coefficient (Wildman–Crippen LogP) is 4.48. The number of carbonyl (C=O) groups is 1. The fourth-order valence-corrected chi connectivity index (χ4v) is 6.13. The molecule has 3 rings (SSSR count). The van der Waals surface area contributed by atoms with Gasteiger partial charge in [-0.05, 0) is 39.2 Å². The third-order valence-electron chi connectivity index (χ3n) is 5.55. The van der Waals surface area contributed by atoms with Crippen LogP contribution < -0.4 is 4.90 Å². The number of carboxylic acids is 1. The first-order valence-corrected chi connectivity index (χ1v) is 12.4. The average Bonchev–Trinajstić information content (AvgIpc) is 3.40. The van der Waals surface area contributed by atoms with Gasteiger partial charge in [-0.1, -0.05) is 18.8 Å². The maximum Gasteiger partial charge on any atom is 0.348 e. The molecule has 6 nitrogen and oxygen atoms in total. The van der Waals surface area contributed by atoms with E-state index in [1.807, 2.05) is 6.07 Å². The highest BCUT2D eigenvalue weighted by Gasteiger charge is 2.41. The quantitative estimate of drug-likeness (QED) is 0.411. The Morgan fingerprint density at radius 2 is 2.11 bits per heavy atom. The zero-order valence-corrected chi connectivity index (χ0v) is 18.6. The van der Waals surface area contributed by atoms with Crippen LogP contribution >= 0.6 is 18.7 Å². The molecule has 0 bridgehead atoms. The average molecular weight is 425 g/mol. The number of carboxylic acid groups (broad SMARTS) is 1. The van der Waals surface area contributed by atoms with Gasteiger partial charge in [-0.3, -0.25) is 4.57 Å². The first kappa shape index (κ1) is 21.4. The summed E-state index contributed by atoms with van der Waals surface area (Å²) in [6, 6.07) is 1.96. The maximum absolute atomic E-state index is 12.5. The van der Waals surface area contributed by atoms with Gasteiger partial charge >= 0.3 is 5.97 Å². The lowest BCUT2D eigenvalue weighted by Crippen LogP contribution is -2.41. The van der Waals surface area contributed by atoms with Crippen molar-refractivity contribution in [1.29, 1.82) is 0 Å². The van der Waals surface area contributed by atoms with E-state index in [1.165, 1.54) is 18.4 Å². The summed E-state index contributed by atoms with van der Waals surface area (Å²) < 4.78 is 23.3. The van der Waals surface area contributed by atoms with E-state index in [-0.39, 0.29) is 22.6 Å². The molecule has 1 aromatic heterocycles. The smallest absolute Gasteiger partial charge is 0.348 e. The van der Waals surface area contributed by atoms with Crippen LogP contribution in [-0.2, 0) is 13.8 Å². The van der Waals surface area contributed by atoms with Crippen molar-refractivity contribution in [3.8, 4) is 11.8 Å². The van der Waals surface area contributed by atoms with Crippen molar-refractivity contribution in [1.82, 2.24) is 0 Å². The van der Waals surface area contributed by atoms with Crippen LogP contribution in [0.3, 0.4) is 0 Å². The van der Waals surface area contributed by atoms with Crippen LogP contribution in [0.15, 0.2) is 6.07 Å². The molecular formula is C20H28NO5PS. The lowest BCUT2D eigenvalue weighted by atomic mass is 9.91. The minimum atomic E-state index is -2.53. The second-order valence-electron chi connectivity index (χ2n) is 7.99. The Hall–Kier alpha value is -1.32. The Morgan fingerprint density at radius 1 is 1.46 bits per heavy atom. The van der Waals surface area contributed by atoms with Crippen molar-refractivity contribution in [2.24, 2.45) is 5.41 Å². The fourth-order valence-electron chi connectivity index (χ4n) is 3.31. The third-order valence-corrected chi connectivity index (χ3v) is 9.12. The zero-order chi connectivity index (χ0) is 20.5. The molecule has 0 aliphatic carbocycles. The molecule has 0 aromatic carbocycles. The Morgan fingerprint density at radius 3 is 2.61 bits per heavy atom. The summed E-state index contributed by atoms with van der Waals surface area (Å²) in [5, 5.41) is 9.75. The zero-order valence-electron chi connectivity index (χ0n) is 16.9. The van der Waals surface area contributed by atoms with Gasteiger partial charge < -0.3 is 19.3 Å². The minimum Gasteiger partial charge on any atom is -0.477 e. The Balaban J connectivity index is 1.91. The summed E-state index contributed by atoms with van der Waals surface area (Å²) in [5.41, 5.74) is 0.551. The van der Waals surface area contributed by atoms with Crippen LogP contribution in [-0.4, -0.2) is 49.4 Å². The van der Waals surface area contributed by atoms with Crippen LogP contribution in [0.25, 0.3) is 0 Å². The largest absolute Gasteiger partial charge is 0.477 e. The first-order valence-electron chi connectivity index (χ1n) is 9.62. The summed E-state index contributed by atoms with van der Waals surface area (Å²) in [6.45, 7) is 6.82. The second kappa shape index (κ2) is 8.20. The molecule has 2 aliphatic rings.